The monoisotopic (exact) mass is 406 g/mol. The van der Waals surface area contributed by atoms with E-state index in [0.29, 0.717) is 6.61 Å². The standard InChI is InChI=1S/C26H22N4O/c1-17-20-8-10-28-26(20)29-15-22(17)18-6-7-25-19(14-18)16-30(12-13-31-25)24-9-11-27-23-5-3-2-4-21(23)24/h2-11,14-15H,12-13,16H2,1H3,(H,28,29). The molecule has 0 radical (unpaired) electrons. The Bertz CT molecular complexity index is 1420. The highest BCUT2D eigenvalue weighted by Gasteiger charge is 2.19. The molecule has 152 valence electrons. The average Bonchev–Trinajstić information content (AvgIpc) is 3.19. The van der Waals surface area contributed by atoms with Crippen molar-refractivity contribution in [1.82, 2.24) is 15.0 Å². The number of benzene rings is 2. The number of H-pyrrole nitrogens is 1. The van der Waals surface area contributed by atoms with E-state index >= 15 is 0 Å². The maximum absolute atomic E-state index is 6.11. The molecule has 0 fully saturated rings. The first-order valence-electron chi connectivity index (χ1n) is 10.6. The highest BCUT2D eigenvalue weighted by atomic mass is 16.5. The van der Waals surface area contributed by atoms with Gasteiger partial charge in [-0.2, -0.15) is 0 Å². The fourth-order valence-corrected chi connectivity index (χ4v) is 4.56. The van der Waals surface area contributed by atoms with E-state index in [0.717, 1.165) is 46.5 Å². The van der Waals surface area contributed by atoms with Gasteiger partial charge in [0.1, 0.15) is 18.0 Å². The predicted octanol–water partition coefficient (Wildman–Crippen LogP) is 5.49. The maximum atomic E-state index is 6.11. The van der Waals surface area contributed by atoms with Gasteiger partial charge in [-0.05, 0) is 48.4 Å². The fraction of sp³-hybridized carbons (Fsp3) is 0.154. The summed E-state index contributed by atoms with van der Waals surface area (Å²) in [7, 11) is 0. The lowest BCUT2D eigenvalue weighted by atomic mass is 9.98. The van der Waals surface area contributed by atoms with E-state index in [-0.39, 0.29) is 0 Å². The van der Waals surface area contributed by atoms with Crippen LogP contribution in [0.2, 0.25) is 0 Å². The number of nitrogens with zero attached hydrogens (tertiary/aromatic N) is 3. The van der Waals surface area contributed by atoms with Crippen molar-refractivity contribution >= 4 is 27.6 Å². The van der Waals surface area contributed by atoms with Crippen LogP contribution in [0.5, 0.6) is 5.75 Å². The number of aromatic nitrogens is 3. The molecule has 5 heteroatoms. The lowest BCUT2D eigenvalue weighted by molar-refractivity contribution is 0.332. The number of aromatic amines is 1. The molecular weight excluding hydrogens is 384 g/mol. The molecule has 1 N–H and O–H groups in total. The third-order valence-electron chi connectivity index (χ3n) is 6.17. The van der Waals surface area contributed by atoms with Gasteiger partial charge in [0.05, 0.1) is 12.1 Å². The van der Waals surface area contributed by atoms with Gasteiger partial charge >= 0.3 is 0 Å². The van der Waals surface area contributed by atoms with Gasteiger partial charge in [-0.15, -0.1) is 0 Å². The third-order valence-corrected chi connectivity index (χ3v) is 6.17. The second-order valence-electron chi connectivity index (χ2n) is 7.98. The van der Waals surface area contributed by atoms with Crippen LogP contribution in [-0.2, 0) is 6.54 Å². The Morgan fingerprint density at radius 2 is 1.94 bits per heavy atom. The minimum Gasteiger partial charge on any atom is -0.491 e. The van der Waals surface area contributed by atoms with Crippen molar-refractivity contribution in [3.63, 3.8) is 0 Å². The van der Waals surface area contributed by atoms with Crippen LogP contribution in [0.1, 0.15) is 11.1 Å². The van der Waals surface area contributed by atoms with Gasteiger partial charge in [-0.25, -0.2) is 4.98 Å². The van der Waals surface area contributed by atoms with Crippen LogP contribution in [0.25, 0.3) is 33.1 Å². The molecule has 5 aromatic rings. The quantitative estimate of drug-likeness (QED) is 0.421. The van der Waals surface area contributed by atoms with Crippen LogP contribution in [0.15, 0.2) is 73.2 Å². The number of aryl methyl sites for hydroxylation is 1. The summed E-state index contributed by atoms with van der Waals surface area (Å²) in [5.74, 6) is 0.956. The highest BCUT2D eigenvalue weighted by molar-refractivity contribution is 5.91. The van der Waals surface area contributed by atoms with Gasteiger partial charge in [0.15, 0.2) is 0 Å². The number of nitrogens with one attached hydrogen (secondary N) is 1. The summed E-state index contributed by atoms with van der Waals surface area (Å²) in [6.07, 6.45) is 5.79. The Labute approximate surface area is 180 Å². The second-order valence-corrected chi connectivity index (χ2v) is 7.98. The molecule has 0 aliphatic carbocycles. The lowest BCUT2D eigenvalue weighted by Crippen LogP contribution is -2.25. The number of fused-ring (bicyclic) bond motifs is 3. The first-order chi connectivity index (χ1) is 15.3. The van der Waals surface area contributed by atoms with Crippen LogP contribution in [-0.4, -0.2) is 28.1 Å². The third kappa shape index (κ3) is 3.01. The van der Waals surface area contributed by atoms with Gasteiger partial charge in [0.2, 0.25) is 0 Å². The zero-order valence-corrected chi connectivity index (χ0v) is 17.3. The van der Waals surface area contributed by atoms with Crippen LogP contribution < -0.4 is 9.64 Å². The molecule has 31 heavy (non-hydrogen) atoms. The van der Waals surface area contributed by atoms with E-state index in [9.17, 15) is 0 Å². The van der Waals surface area contributed by atoms with Crippen molar-refractivity contribution in [2.75, 3.05) is 18.1 Å². The predicted molar refractivity (Wildman–Crippen MR) is 125 cm³/mol. The van der Waals surface area contributed by atoms with E-state index in [4.69, 9.17) is 4.74 Å². The van der Waals surface area contributed by atoms with E-state index in [1.165, 1.54) is 22.2 Å². The number of anilines is 1. The molecule has 3 aromatic heterocycles. The Balaban J connectivity index is 1.42. The zero-order valence-electron chi connectivity index (χ0n) is 17.3. The average molecular weight is 406 g/mol. The number of hydrogen-bond acceptors (Lipinski definition) is 4. The van der Waals surface area contributed by atoms with Gasteiger partial charge in [-0.3, -0.25) is 4.98 Å². The van der Waals surface area contributed by atoms with Crippen molar-refractivity contribution in [1.29, 1.82) is 0 Å². The molecule has 0 amide bonds. The molecule has 5 nitrogen and oxygen atoms in total. The molecule has 4 heterocycles. The first-order valence-corrected chi connectivity index (χ1v) is 10.6. The van der Waals surface area contributed by atoms with E-state index in [1.54, 1.807) is 0 Å². The molecule has 0 atom stereocenters. The summed E-state index contributed by atoms with van der Waals surface area (Å²) in [5, 5.41) is 2.33. The van der Waals surface area contributed by atoms with Crippen LogP contribution >= 0.6 is 0 Å². The van der Waals surface area contributed by atoms with Gasteiger partial charge in [0, 0.05) is 52.7 Å². The molecule has 1 aliphatic rings. The van der Waals surface area contributed by atoms with Gasteiger partial charge in [-0.1, -0.05) is 24.3 Å². The molecule has 0 unspecified atom stereocenters. The number of rotatable bonds is 2. The highest BCUT2D eigenvalue weighted by Crippen LogP contribution is 2.34. The SMILES string of the molecule is Cc1c(-c2ccc3c(c2)CN(c2ccnc4ccccc24)CCO3)cnc2[nH]ccc12. The second kappa shape index (κ2) is 7.13. The van der Waals surface area contributed by atoms with Crippen LogP contribution in [0, 0.1) is 6.92 Å². The largest absolute Gasteiger partial charge is 0.491 e. The fourth-order valence-electron chi connectivity index (χ4n) is 4.56. The topological polar surface area (TPSA) is 54.0 Å². The Morgan fingerprint density at radius 3 is 2.90 bits per heavy atom. The molecule has 0 saturated carbocycles. The molecule has 1 aliphatic heterocycles. The van der Waals surface area contributed by atoms with E-state index in [2.05, 4.69) is 75.3 Å². The van der Waals surface area contributed by atoms with E-state index in [1.807, 2.05) is 24.7 Å². The van der Waals surface area contributed by atoms with Gasteiger partial charge in [0.25, 0.3) is 0 Å². The Hall–Kier alpha value is -3.86. The summed E-state index contributed by atoms with van der Waals surface area (Å²) in [6, 6.07) is 19.0. The van der Waals surface area contributed by atoms with E-state index < -0.39 is 0 Å². The molecular formula is C26H22N4O. The van der Waals surface area contributed by atoms with Crippen molar-refractivity contribution in [3.8, 4) is 16.9 Å². The van der Waals surface area contributed by atoms with Crippen molar-refractivity contribution in [2.24, 2.45) is 0 Å². The smallest absolute Gasteiger partial charge is 0.137 e. The minimum atomic E-state index is 0.652. The van der Waals surface area contributed by atoms with Crippen molar-refractivity contribution in [2.45, 2.75) is 13.5 Å². The van der Waals surface area contributed by atoms with Crippen molar-refractivity contribution < 1.29 is 4.74 Å². The Morgan fingerprint density at radius 1 is 1.00 bits per heavy atom. The Kier molecular flexibility index (Phi) is 4.13. The molecule has 0 bridgehead atoms. The first kappa shape index (κ1) is 18.0. The molecule has 0 saturated heterocycles. The summed E-state index contributed by atoms with van der Waals surface area (Å²) < 4.78 is 6.11. The zero-order chi connectivity index (χ0) is 20.8. The number of ether oxygens (including phenoxy) is 1. The number of hydrogen-bond donors (Lipinski definition) is 1. The van der Waals surface area contributed by atoms with Gasteiger partial charge < -0.3 is 14.6 Å². The van der Waals surface area contributed by atoms with Crippen LogP contribution in [0.3, 0.4) is 0 Å². The molecule has 6 rings (SSSR count). The maximum Gasteiger partial charge on any atom is 0.137 e. The summed E-state index contributed by atoms with van der Waals surface area (Å²) in [5.41, 5.74) is 7.87. The van der Waals surface area contributed by atoms with Crippen molar-refractivity contribution in [3.05, 3.63) is 84.3 Å². The normalized spacial score (nSPS) is 13.8. The molecule has 2 aromatic carbocycles. The number of para-hydroxylation sites is 1. The lowest BCUT2D eigenvalue weighted by Gasteiger charge is -2.23. The summed E-state index contributed by atoms with van der Waals surface area (Å²) >= 11 is 0. The summed E-state index contributed by atoms with van der Waals surface area (Å²) in [6.45, 7) is 4.42. The van der Waals surface area contributed by atoms with Crippen LogP contribution in [0.4, 0.5) is 5.69 Å². The summed E-state index contributed by atoms with van der Waals surface area (Å²) in [4.78, 5) is 14.7. The minimum absolute atomic E-state index is 0.652. The number of pyridine rings is 2. The molecule has 0 spiro atoms.